The minimum atomic E-state index is 0. The van der Waals surface area contributed by atoms with Gasteiger partial charge in [0.05, 0.1) is 0 Å². The highest BCUT2D eigenvalue weighted by molar-refractivity contribution is 5.85. The van der Waals surface area contributed by atoms with Crippen LogP contribution in [0.4, 0.5) is 0 Å². The minimum Gasteiger partial charge on any atom is -0.354 e. The number of nitrogens with one attached hydrogen (secondary N) is 3. The maximum Gasteiger partial charge on any atom is 0.223 e. The van der Waals surface area contributed by atoms with E-state index >= 15 is 0 Å². The molecule has 2 rings (SSSR count). The summed E-state index contributed by atoms with van der Waals surface area (Å²) < 4.78 is 0. The van der Waals surface area contributed by atoms with E-state index in [1.807, 2.05) is 0 Å². The largest absolute Gasteiger partial charge is 0.354 e. The molecule has 1 heterocycles. The number of carbonyl (C=O) groups excluding carboxylic acids is 2. The number of hydrogen-bond donors (Lipinski definition) is 3. The van der Waals surface area contributed by atoms with Gasteiger partial charge in [0, 0.05) is 25.4 Å². The zero-order valence-corrected chi connectivity index (χ0v) is 13.6. The Balaban J connectivity index is 0.00000220. The smallest absolute Gasteiger partial charge is 0.223 e. The molecule has 1 saturated heterocycles. The average molecular weight is 318 g/mol. The average Bonchev–Trinajstić information content (AvgIpc) is 3.29. The molecule has 2 fully saturated rings. The Labute approximate surface area is 133 Å². The Morgan fingerprint density at radius 2 is 1.90 bits per heavy atom. The Hall–Kier alpha value is -0.810. The van der Waals surface area contributed by atoms with Crippen molar-refractivity contribution in [1.29, 1.82) is 0 Å². The Morgan fingerprint density at radius 1 is 1.19 bits per heavy atom. The normalized spacial score (nSPS) is 22.8. The first kappa shape index (κ1) is 18.2. The lowest BCUT2D eigenvalue weighted by Gasteiger charge is -2.28. The van der Waals surface area contributed by atoms with Gasteiger partial charge >= 0.3 is 0 Å². The van der Waals surface area contributed by atoms with E-state index in [2.05, 4.69) is 22.9 Å². The lowest BCUT2D eigenvalue weighted by Crippen LogP contribution is -2.38. The van der Waals surface area contributed by atoms with Gasteiger partial charge in [-0.3, -0.25) is 9.59 Å². The lowest BCUT2D eigenvalue weighted by molar-refractivity contribution is -0.124. The van der Waals surface area contributed by atoms with Gasteiger partial charge in [-0.15, -0.1) is 12.4 Å². The standard InChI is InChI=1S/C15H27N3O2.ClH/c1-11(13-3-2-6-16-10-13)9-14(19)17-7-8-18-15(20)12-4-5-12;/h11-13,16H,2-10H2,1H3,(H,17,19)(H,18,20);1H. The third kappa shape index (κ3) is 6.66. The van der Waals surface area contributed by atoms with Crippen molar-refractivity contribution in [3.8, 4) is 0 Å². The fourth-order valence-electron chi connectivity index (χ4n) is 2.77. The summed E-state index contributed by atoms with van der Waals surface area (Å²) in [5, 5.41) is 9.14. The molecule has 21 heavy (non-hydrogen) atoms. The summed E-state index contributed by atoms with van der Waals surface area (Å²) in [6, 6.07) is 0. The third-order valence-electron chi connectivity index (χ3n) is 4.34. The van der Waals surface area contributed by atoms with E-state index in [-0.39, 0.29) is 30.1 Å². The van der Waals surface area contributed by atoms with Crippen LogP contribution in [0.3, 0.4) is 0 Å². The molecule has 2 unspecified atom stereocenters. The van der Waals surface area contributed by atoms with Gasteiger partial charge < -0.3 is 16.0 Å². The molecule has 0 aromatic carbocycles. The summed E-state index contributed by atoms with van der Waals surface area (Å²) in [6.45, 7) is 5.38. The number of rotatable bonds is 7. The molecule has 2 amide bonds. The van der Waals surface area contributed by atoms with Crippen molar-refractivity contribution < 1.29 is 9.59 Å². The van der Waals surface area contributed by atoms with Crippen molar-refractivity contribution in [2.75, 3.05) is 26.2 Å². The topological polar surface area (TPSA) is 70.2 Å². The number of piperidine rings is 1. The van der Waals surface area contributed by atoms with E-state index in [1.165, 1.54) is 12.8 Å². The van der Waals surface area contributed by atoms with Crippen molar-refractivity contribution in [2.24, 2.45) is 17.8 Å². The van der Waals surface area contributed by atoms with Gasteiger partial charge in [-0.05, 0) is 50.6 Å². The summed E-state index contributed by atoms with van der Waals surface area (Å²) in [4.78, 5) is 23.2. The van der Waals surface area contributed by atoms with Crippen molar-refractivity contribution in [3.63, 3.8) is 0 Å². The molecule has 2 atom stereocenters. The maximum atomic E-state index is 11.8. The Morgan fingerprint density at radius 3 is 2.52 bits per heavy atom. The summed E-state index contributed by atoms with van der Waals surface area (Å²) in [5.74, 6) is 1.52. The SMILES string of the molecule is CC(CC(=O)NCCNC(=O)C1CC1)C1CCCNC1.Cl. The molecule has 6 heteroatoms. The number of hydrogen-bond acceptors (Lipinski definition) is 3. The van der Waals surface area contributed by atoms with Crippen LogP contribution in [-0.2, 0) is 9.59 Å². The number of halogens is 1. The van der Waals surface area contributed by atoms with Crippen LogP contribution in [0.2, 0.25) is 0 Å². The van der Waals surface area contributed by atoms with Gasteiger partial charge in [0.15, 0.2) is 0 Å². The molecule has 2 aliphatic rings. The van der Waals surface area contributed by atoms with Crippen LogP contribution in [0.1, 0.15) is 39.0 Å². The molecule has 0 spiro atoms. The van der Waals surface area contributed by atoms with Gasteiger partial charge in [0.25, 0.3) is 0 Å². The van der Waals surface area contributed by atoms with Crippen LogP contribution in [0.25, 0.3) is 0 Å². The van der Waals surface area contributed by atoms with E-state index in [9.17, 15) is 9.59 Å². The van der Waals surface area contributed by atoms with Crippen LogP contribution in [0.5, 0.6) is 0 Å². The number of amides is 2. The van der Waals surface area contributed by atoms with Gasteiger partial charge in [-0.1, -0.05) is 6.92 Å². The third-order valence-corrected chi connectivity index (χ3v) is 4.34. The zero-order chi connectivity index (χ0) is 14.4. The van der Waals surface area contributed by atoms with E-state index in [1.54, 1.807) is 0 Å². The number of carbonyl (C=O) groups is 2. The summed E-state index contributed by atoms with van der Waals surface area (Å²) >= 11 is 0. The molecule has 0 bridgehead atoms. The van der Waals surface area contributed by atoms with Crippen molar-refractivity contribution in [2.45, 2.75) is 39.0 Å². The molecule has 122 valence electrons. The van der Waals surface area contributed by atoms with Crippen LogP contribution in [0, 0.1) is 17.8 Å². The molecule has 0 aromatic rings. The van der Waals surface area contributed by atoms with Gasteiger partial charge in [0.2, 0.25) is 11.8 Å². The van der Waals surface area contributed by atoms with Crippen molar-refractivity contribution >= 4 is 24.2 Å². The van der Waals surface area contributed by atoms with Gasteiger partial charge in [0.1, 0.15) is 0 Å². The van der Waals surface area contributed by atoms with Crippen LogP contribution in [0.15, 0.2) is 0 Å². The van der Waals surface area contributed by atoms with E-state index in [0.717, 1.165) is 25.9 Å². The Bertz CT molecular complexity index is 342. The molecule has 0 aromatic heterocycles. The van der Waals surface area contributed by atoms with Crippen LogP contribution in [-0.4, -0.2) is 38.0 Å². The van der Waals surface area contributed by atoms with Crippen LogP contribution < -0.4 is 16.0 Å². The first-order chi connectivity index (χ1) is 9.66. The summed E-state index contributed by atoms with van der Waals surface area (Å²) in [7, 11) is 0. The molecule has 1 aliphatic carbocycles. The first-order valence-corrected chi connectivity index (χ1v) is 7.92. The van der Waals surface area contributed by atoms with E-state index < -0.39 is 0 Å². The molecular weight excluding hydrogens is 290 g/mol. The quantitative estimate of drug-likeness (QED) is 0.615. The molecule has 1 saturated carbocycles. The fourth-order valence-corrected chi connectivity index (χ4v) is 2.77. The minimum absolute atomic E-state index is 0. The molecule has 5 nitrogen and oxygen atoms in total. The fraction of sp³-hybridized carbons (Fsp3) is 0.867. The van der Waals surface area contributed by atoms with Gasteiger partial charge in [-0.25, -0.2) is 0 Å². The summed E-state index contributed by atoms with van der Waals surface area (Å²) in [6.07, 6.45) is 5.06. The zero-order valence-electron chi connectivity index (χ0n) is 12.8. The first-order valence-electron chi connectivity index (χ1n) is 7.92. The second-order valence-electron chi connectivity index (χ2n) is 6.20. The molecule has 0 radical (unpaired) electrons. The monoisotopic (exact) mass is 317 g/mol. The van der Waals surface area contributed by atoms with Crippen molar-refractivity contribution in [1.82, 2.24) is 16.0 Å². The molecule has 1 aliphatic heterocycles. The summed E-state index contributed by atoms with van der Waals surface area (Å²) in [5.41, 5.74) is 0. The molecule has 3 N–H and O–H groups in total. The highest BCUT2D eigenvalue weighted by Gasteiger charge is 2.29. The lowest BCUT2D eigenvalue weighted by atomic mass is 9.85. The van der Waals surface area contributed by atoms with E-state index in [4.69, 9.17) is 0 Å². The predicted octanol–water partition coefficient (Wildman–Crippen LogP) is 1.08. The predicted molar refractivity (Wildman–Crippen MR) is 85.4 cm³/mol. The maximum absolute atomic E-state index is 11.8. The second kappa shape index (κ2) is 9.26. The van der Waals surface area contributed by atoms with E-state index in [0.29, 0.717) is 31.3 Å². The van der Waals surface area contributed by atoms with Crippen LogP contribution >= 0.6 is 12.4 Å². The second-order valence-corrected chi connectivity index (χ2v) is 6.20. The Kier molecular flexibility index (Phi) is 8.04. The van der Waals surface area contributed by atoms with Gasteiger partial charge in [-0.2, -0.15) is 0 Å². The molecular formula is C15H28ClN3O2. The van der Waals surface area contributed by atoms with Crippen molar-refractivity contribution in [3.05, 3.63) is 0 Å². The highest BCUT2D eigenvalue weighted by atomic mass is 35.5. The highest BCUT2D eigenvalue weighted by Crippen LogP contribution is 2.28.